The van der Waals surface area contributed by atoms with Crippen LogP contribution in [-0.4, -0.2) is 6.54 Å². The van der Waals surface area contributed by atoms with Crippen molar-refractivity contribution in [2.24, 2.45) is 0 Å². The van der Waals surface area contributed by atoms with Gasteiger partial charge in [-0.05, 0) is 37.6 Å². The summed E-state index contributed by atoms with van der Waals surface area (Å²) < 4.78 is 5.84. The minimum Gasteiger partial charge on any atom is -0.465 e. The number of benzene rings is 1. The van der Waals surface area contributed by atoms with Gasteiger partial charge in [0, 0.05) is 5.92 Å². The molecule has 2 unspecified atom stereocenters. The average molecular weight is 257 g/mol. The van der Waals surface area contributed by atoms with Crippen LogP contribution in [0, 0.1) is 6.92 Å². The lowest BCUT2D eigenvalue weighted by Crippen LogP contribution is -2.26. The third kappa shape index (κ3) is 3.27. The molecule has 1 aromatic carbocycles. The Hall–Kier alpha value is -1.54. The summed E-state index contributed by atoms with van der Waals surface area (Å²) in [5.41, 5.74) is 1.37. The zero-order valence-electron chi connectivity index (χ0n) is 12.0. The van der Waals surface area contributed by atoms with Gasteiger partial charge in [-0.2, -0.15) is 0 Å². The average Bonchev–Trinajstić information content (AvgIpc) is 2.86. The molecule has 1 N–H and O–H groups in total. The molecule has 0 saturated heterocycles. The maximum atomic E-state index is 5.84. The van der Waals surface area contributed by atoms with Crippen LogP contribution in [-0.2, 0) is 0 Å². The molecule has 102 valence electrons. The van der Waals surface area contributed by atoms with Gasteiger partial charge in [0.1, 0.15) is 11.5 Å². The van der Waals surface area contributed by atoms with Crippen molar-refractivity contribution < 1.29 is 4.42 Å². The third-order valence-electron chi connectivity index (χ3n) is 3.56. The van der Waals surface area contributed by atoms with E-state index in [9.17, 15) is 0 Å². The molecule has 0 amide bonds. The monoisotopic (exact) mass is 257 g/mol. The molecule has 0 aliphatic rings. The van der Waals surface area contributed by atoms with Gasteiger partial charge in [0.05, 0.1) is 6.04 Å². The second kappa shape index (κ2) is 6.58. The predicted octanol–water partition coefficient (Wildman–Crippen LogP) is 4.43. The van der Waals surface area contributed by atoms with E-state index in [4.69, 9.17) is 4.42 Å². The summed E-state index contributed by atoms with van der Waals surface area (Å²) in [6.45, 7) is 7.31. The van der Waals surface area contributed by atoms with Gasteiger partial charge >= 0.3 is 0 Å². The van der Waals surface area contributed by atoms with E-state index in [0.29, 0.717) is 5.92 Å². The van der Waals surface area contributed by atoms with Crippen molar-refractivity contribution in [1.29, 1.82) is 0 Å². The number of aryl methyl sites for hydroxylation is 1. The van der Waals surface area contributed by atoms with E-state index in [2.05, 4.69) is 55.6 Å². The molecule has 0 fully saturated rings. The molecule has 2 atom stereocenters. The fourth-order valence-corrected chi connectivity index (χ4v) is 2.65. The summed E-state index contributed by atoms with van der Waals surface area (Å²) in [6.07, 6.45) is 1.08. The Labute approximate surface area is 115 Å². The predicted molar refractivity (Wildman–Crippen MR) is 79.3 cm³/mol. The van der Waals surface area contributed by atoms with Crippen molar-refractivity contribution in [1.82, 2.24) is 5.32 Å². The number of rotatable bonds is 6. The van der Waals surface area contributed by atoms with Gasteiger partial charge in [0.15, 0.2) is 0 Å². The summed E-state index contributed by atoms with van der Waals surface area (Å²) in [5.74, 6) is 2.45. The van der Waals surface area contributed by atoms with Crippen LogP contribution in [0.5, 0.6) is 0 Å². The molecule has 19 heavy (non-hydrogen) atoms. The van der Waals surface area contributed by atoms with Gasteiger partial charge in [-0.15, -0.1) is 0 Å². The second-order valence-corrected chi connectivity index (χ2v) is 4.91. The third-order valence-corrected chi connectivity index (χ3v) is 3.56. The van der Waals surface area contributed by atoms with Crippen molar-refractivity contribution in [3.8, 4) is 0 Å². The van der Waals surface area contributed by atoms with Gasteiger partial charge in [-0.25, -0.2) is 0 Å². The maximum Gasteiger partial charge on any atom is 0.121 e. The number of likely N-dealkylation sites (N-methyl/N-ethyl adjacent to an activating group) is 1. The van der Waals surface area contributed by atoms with Crippen LogP contribution in [0.4, 0.5) is 0 Å². The molecule has 1 aromatic heterocycles. The van der Waals surface area contributed by atoms with Gasteiger partial charge in [0.25, 0.3) is 0 Å². The van der Waals surface area contributed by atoms with Gasteiger partial charge < -0.3 is 9.73 Å². The molecule has 0 saturated carbocycles. The van der Waals surface area contributed by atoms with Crippen molar-refractivity contribution in [2.45, 2.75) is 39.2 Å². The van der Waals surface area contributed by atoms with Gasteiger partial charge in [0.2, 0.25) is 0 Å². The quantitative estimate of drug-likeness (QED) is 0.828. The van der Waals surface area contributed by atoms with Gasteiger partial charge in [-0.1, -0.05) is 44.2 Å². The molecule has 2 aromatic rings. The lowest BCUT2D eigenvalue weighted by molar-refractivity contribution is 0.357. The summed E-state index contributed by atoms with van der Waals surface area (Å²) in [7, 11) is 0. The first-order valence-corrected chi connectivity index (χ1v) is 7.10. The highest BCUT2D eigenvalue weighted by atomic mass is 16.3. The molecule has 0 aliphatic heterocycles. The zero-order valence-corrected chi connectivity index (χ0v) is 12.0. The van der Waals surface area contributed by atoms with Crippen LogP contribution < -0.4 is 5.32 Å². The molecule has 2 rings (SSSR count). The van der Waals surface area contributed by atoms with Crippen LogP contribution in [0.15, 0.2) is 46.9 Å². The molecule has 0 bridgehead atoms. The Balaban J connectivity index is 2.31. The Kier molecular flexibility index (Phi) is 4.80. The van der Waals surface area contributed by atoms with Gasteiger partial charge in [-0.3, -0.25) is 0 Å². The van der Waals surface area contributed by atoms with Crippen molar-refractivity contribution in [3.63, 3.8) is 0 Å². The van der Waals surface area contributed by atoms with Crippen LogP contribution >= 0.6 is 0 Å². The molecule has 2 nitrogen and oxygen atoms in total. The Morgan fingerprint density at radius 2 is 1.79 bits per heavy atom. The smallest absolute Gasteiger partial charge is 0.121 e. The standard InChI is InChI=1S/C17H23NO/c1-4-15(14-9-7-6-8-10-14)17(18-5-2)16-12-11-13(3)19-16/h6-12,15,17-18H,4-5H2,1-3H3. The fourth-order valence-electron chi connectivity index (χ4n) is 2.65. The number of furan rings is 1. The van der Waals surface area contributed by atoms with Crippen molar-refractivity contribution in [2.75, 3.05) is 6.54 Å². The van der Waals surface area contributed by atoms with E-state index in [-0.39, 0.29) is 6.04 Å². The molecule has 0 aliphatic carbocycles. The first-order chi connectivity index (χ1) is 9.26. The van der Waals surface area contributed by atoms with Crippen LogP contribution in [0.3, 0.4) is 0 Å². The Morgan fingerprint density at radius 1 is 1.05 bits per heavy atom. The van der Waals surface area contributed by atoms with Crippen LogP contribution in [0.2, 0.25) is 0 Å². The van der Waals surface area contributed by atoms with E-state index in [0.717, 1.165) is 24.5 Å². The van der Waals surface area contributed by atoms with E-state index >= 15 is 0 Å². The summed E-state index contributed by atoms with van der Waals surface area (Å²) in [6, 6.07) is 15.1. The van der Waals surface area contributed by atoms with E-state index < -0.39 is 0 Å². The molecular formula is C17H23NO. The van der Waals surface area contributed by atoms with Crippen molar-refractivity contribution >= 4 is 0 Å². The lowest BCUT2D eigenvalue weighted by atomic mass is 9.88. The normalized spacial score (nSPS) is 14.3. The van der Waals surface area contributed by atoms with E-state index in [1.165, 1.54) is 5.56 Å². The summed E-state index contributed by atoms with van der Waals surface area (Å²) in [4.78, 5) is 0. The van der Waals surface area contributed by atoms with E-state index in [1.54, 1.807) is 0 Å². The zero-order chi connectivity index (χ0) is 13.7. The fraction of sp³-hybridized carbons (Fsp3) is 0.412. The molecule has 2 heteroatoms. The molecular weight excluding hydrogens is 234 g/mol. The number of nitrogens with one attached hydrogen (secondary N) is 1. The number of hydrogen-bond acceptors (Lipinski definition) is 2. The molecule has 0 spiro atoms. The van der Waals surface area contributed by atoms with Crippen LogP contribution in [0.25, 0.3) is 0 Å². The summed E-state index contributed by atoms with van der Waals surface area (Å²) >= 11 is 0. The second-order valence-electron chi connectivity index (χ2n) is 4.91. The molecule has 0 radical (unpaired) electrons. The highest BCUT2D eigenvalue weighted by Crippen LogP contribution is 2.34. The lowest BCUT2D eigenvalue weighted by Gasteiger charge is -2.26. The Morgan fingerprint density at radius 3 is 2.32 bits per heavy atom. The first kappa shape index (κ1) is 13.9. The SMILES string of the molecule is CCNC(c1ccc(C)o1)C(CC)c1ccccc1. The van der Waals surface area contributed by atoms with Crippen LogP contribution in [0.1, 0.15) is 49.3 Å². The first-order valence-electron chi connectivity index (χ1n) is 7.10. The molecule has 1 heterocycles. The largest absolute Gasteiger partial charge is 0.465 e. The topological polar surface area (TPSA) is 25.2 Å². The maximum absolute atomic E-state index is 5.84. The highest BCUT2D eigenvalue weighted by molar-refractivity contribution is 5.24. The Bertz CT molecular complexity index is 489. The minimum atomic E-state index is 0.242. The highest BCUT2D eigenvalue weighted by Gasteiger charge is 2.24. The van der Waals surface area contributed by atoms with Crippen molar-refractivity contribution in [3.05, 3.63) is 59.5 Å². The summed E-state index contributed by atoms with van der Waals surface area (Å²) in [5, 5.41) is 3.57. The van der Waals surface area contributed by atoms with E-state index in [1.807, 2.05) is 13.0 Å². The minimum absolute atomic E-state index is 0.242. The number of hydrogen-bond donors (Lipinski definition) is 1.